The molecule has 2 rings (SSSR count). The third-order valence-corrected chi connectivity index (χ3v) is 4.36. The van der Waals surface area contributed by atoms with E-state index in [-0.39, 0.29) is 6.09 Å². The minimum Gasteiger partial charge on any atom is -0.444 e. The summed E-state index contributed by atoms with van der Waals surface area (Å²) in [6, 6.07) is 0.402. The van der Waals surface area contributed by atoms with Gasteiger partial charge in [0.15, 0.2) is 0 Å². The molecule has 0 aromatic carbocycles. The van der Waals surface area contributed by atoms with Gasteiger partial charge in [-0.3, -0.25) is 0 Å². The third-order valence-electron chi connectivity index (χ3n) is 4.36. The van der Waals surface area contributed by atoms with Gasteiger partial charge in [0.2, 0.25) is 0 Å². The van der Waals surface area contributed by atoms with Crippen LogP contribution < -0.4 is 5.73 Å². The van der Waals surface area contributed by atoms with Crippen LogP contribution in [0.1, 0.15) is 52.9 Å². The van der Waals surface area contributed by atoms with Gasteiger partial charge in [-0.15, -0.1) is 0 Å². The summed E-state index contributed by atoms with van der Waals surface area (Å²) in [5.74, 6) is 1.41. The van der Waals surface area contributed by atoms with Crippen LogP contribution in [0.4, 0.5) is 4.79 Å². The van der Waals surface area contributed by atoms with Crippen LogP contribution in [0.15, 0.2) is 0 Å². The Hall–Kier alpha value is -0.770. The molecule has 0 aromatic heterocycles. The first-order valence-electron chi connectivity index (χ1n) is 7.58. The van der Waals surface area contributed by atoms with Crippen molar-refractivity contribution in [3.05, 3.63) is 0 Å². The zero-order valence-corrected chi connectivity index (χ0v) is 12.5. The summed E-state index contributed by atoms with van der Waals surface area (Å²) in [5.41, 5.74) is 5.56. The van der Waals surface area contributed by atoms with Crippen LogP contribution >= 0.6 is 0 Å². The van der Waals surface area contributed by atoms with E-state index in [0.29, 0.717) is 12.0 Å². The van der Waals surface area contributed by atoms with Gasteiger partial charge in [0.25, 0.3) is 0 Å². The largest absolute Gasteiger partial charge is 0.444 e. The summed E-state index contributed by atoms with van der Waals surface area (Å²) >= 11 is 0. The zero-order valence-electron chi connectivity index (χ0n) is 12.5. The number of nitrogens with two attached hydrogens (primary N) is 1. The lowest BCUT2D eigenvalue weighted by atomic mass is 9.78. The van der Waals surface area contributed by atoms with Crippen molar-refractivity contribution >= 4 is 6.09 Å². The molecule has 19 heavy (non-hydrogen) atoms. The molecule has 2 aliphatic rings. The Kier molecular flexibility index (Phi) is 4.39. The molecule has 1 saturated carbocycles. The standard InChI is InChI=1S/C15H28N2O2/c1-15(2,3)19-14(18)17-9-8-12(10-17)11-4-6-13(16)7-5-11/h11-13H,4-10,16H2,1-3H3/t11?,12-,13?/m0/s1. The quantitative estimate of drug-likeness (QED) is 0.795. The molecule has 0 bridgehead atoms. The molecule has 1 saturated heterocycles. The number of hydrogen-bond acceptors (Lipinski definition) is 3. The highest BCUT2D eigenvalue weighted by Gasteiger charge is 2.35. The summed E-state index contributed by atoms with van der Waals surface area (Å²) < 4.78 is 5.44. The second-order valence-corrected chi connectivity index (χ2v) is 7.15. The fourth-order valence-corrected chi connectivity index (χ4v) is 3.28. The summed E-state index contributed by atoms with van der Waals surface area (Å²) in [6.07, 6.45) is 5.73. The Morgan fingerprint density at radius 3 is 2.32 bits per heavy atom. The molecule has 2 fully saturated rings. The molecule has 2 N–H and O–H groups in total. The van der Waals surface area contributed by atoms with Gasteiger partial charge in [0, 0.05) is 19.1 Å². The van der Waals surface area contributed by atoms with Crippen LogP contribution in [0.25, 0.3) is 0 Å². The number of ether oxygens (including phenoxy) is 1. The van der Waals surface area contributed by atoms with Crippen LogP contribution in [-0.4, -0.2) is 35.7 Å². The number of hydrogen-bond donors (Lipinski definition) is 1. The number of amides is 1. The molecule has 110 valence electrons. The van der Waals surface area contributed by atoms with Crippen LogP contribution in [0.3, 0.4) is 0 Å². The normalized spacial score (nSPS) is 32.4. The van der Waals surface area contributed by atoms with Crippen molar-refractivity contribution < 1.29 is 9.53 Å². The second-order valence-electron chi connectivity index (χ2n) is 7.15. The molecule has 4 heteroatoms. The van der Waals surface area contributed by atoms with Crippen LogP contribution in [0.2, 0.25) is 0 Å². The SMILES string of the molecule is CC(C)(C)OC(=O)N1CC[C@H](C2CCC(N)CC2)C1. The highest BCUT2D eigenvalue weighted by molar-refractivity contribution is 5.68. The zero-order chi connectivity index (χ0) is 14.0. The molecule has 0 aromatic rings. The van der Waals surface area contributed by atoms with Crippen molar-refractivity contribution in [3.63, 3.8) is 0 Å². The number of nitrogens with zero attached hydrogens (tertiary/aromatic N) is 1. The van der Waals surface area contributed by atoms with Crippen molar-refractivity contribution in [2.45, 2.75) is 64.5 Å². The van der Waals surface area contributed by atoms with Crippen molar-refractivity contribution in [1.29, 1.82) is 0 Å². The van der Waals surface area contributed by atoms with Crippen molar-refractivity contribution in [2.24, 2.45) is 17.6 Å². The Bertz CT molecular complexity index is 317. The average molecular weight is 268 g/mol. The second kappa shape index (κ2) is 5.70. The van der Waals surface area contributed by atoms with Gasteiger partial charge in [-0.2, -0.15) is 0 Å². The first-order valence-corrected chi connectivity index (χ1v) is 7.58. The molecule has 1 heterocycles. The maximum absolute atomic E-state index is 12.0. The van der Waals surface area contributed by atoms with E-state index in [9.17, 15) is 4.79 Å². The van der Waals surface area contributed by atoms with Gasteiger partial charge in [-0.25, -0.2) is 4.79 Å². The Balaban J connectivity index is 1.81. The van der Waals surface area contributed by atoms with Gasteiger partial charge in [0.05, 0.1) is 0 Å². The molecule has 1 atom stereocenters. The van der Waals surface area contributed by atoms with E-state index in [1.807, 2.05) is 25.7 Å². The smallest absolute Gasteiger partial charge is 0.410 e. The van der Waals surface area contributed by atoms with Gasteiger partial charge in [0.1, 0.15) is 5.60 Å². The molecule has 1 aliphatic carbocycles. The predicted octanol–water partition coefficient (Wildman–Crippen LogP) is 2.76. The van der Waals surface area contributed by atoms with Crippen molar-refractivity contribution in [2.75, 3.05) is 13.1 Å². The summed E-state index contributed by atoms with van der Waals surface area (Å²) in [6.45, 7) is 7.47. The molecule has 1 amide bonds. The van der Waals surface area contributed by atoms with E-state index in [1.54, 1.807) is 0 Å². The maximum atomic E-state index is 12.0. The number of likely N-dealkylation sites (tertiary alicyclic amines) is 1. The Morgan fingerprint density at radius 2 is 1.74 bits per heavy atom. The molecule has 0 spiro atoms. The Morgan fingerprint density at radius 1 is 1.11 bits per heavy atom. The van der Waals surface area contributed by atoms with Crippen LogP contribution in [-0.2, 0) is 4.74 Å². The van der Waals surface area contributed by atoms with E-state index in [0.717, 1.165) is 38.3 Å². The van der Waals surface area contributed by atoms with Gasteiger partial charge >= 0.3 is 6.09 Å². The number of carbonyl (C=O) groups is 1. The molecule has 1 aliphatic heterocycles. The number of carbonyl (C=O) groups excluding carboxylic acids is 1. The summed E-state index contributed by atoms with van der Waals surface area (Å²) in [4.78, 5) is 13.9. The van der Waals surface area contributed by atoms with E-state index in [2.05, 4.69) is 0 Å². The van der Waals surface area contributed by atoms with E-state index in [4.69, 9.17) is 10.5 Å². The predicted molar refractivity (Wildman–Crippen MR) is 75.8 cm³/mol. The van der Waals surface area contributed by atoms with E-state index < -0.39 is 5.60 Å². The number of rotatable bonds is 1. The van der Waals surface area contributed by atoms with Gasteiger partial charge in [-0.1, -0.05) is 0 Å². The Labute approximate surface area is 116 Å². The first kappa shape index (κ1) is 14.6. The van der Waals surface area contributed by atoms with E-state index in [1.165, 1.54) is 12.8 Å². The topological polar surface area (TPSA) is 55.6 Å². The lowest BCUT2D eigenvalue weighted by Gasteiger charge is -2.30. The molecular formula is C15H28N2O2. The van der Waals surface area contributed by atoms with Crippen LogP contribution in [0.5, 0.6) is 0 Å². The van der Waals surface area contributed by atoms with Gasteiger partial charge in [-0.05, 0) is 64.7 Å². The average Bonchev–Trinajstić information content (AvgIpc) is 2.77. The third kappa shape index (κ3) is 4.10. The van der Waals surface area contributed by atoms with Gasteiger partial charge < -0.3 is 15.4 Å². The first-order chi connectivity index (χ1) is 8.85. The maximum Gasteiger partial charge on any atom is 0.410 e. The van der Waals surface area contributed by atoms with Crippen molar-refractivity contribution in [1.82, 2.24) is 4.90 Å². The monoisotopic (exact) mass is 268 g/mol. The summed E-state index contributed by atoms with van der Waals surface area (Å²) in [5, 5.41) is 0. The lowest BCUT2D eigenvalue weighted by molar-refractivity contribution is 0.0281. The minimum absolute atomic E-state index is 0.150. The van der Waals surface area contributed by atoms with Crippen LogP contribution in [0, 0.1) is 11.8 Å². The summed E-state index contributed by atoms with van der Waals surface area (Å²) in [7, 11) is 0. The molecule has 0 radical (unpaired) electrons. The minimum atomic E-state index is -0.396. The highest BCUT2D eigenvalue weighted by atomic mass is 16.6. The van der Waals surface area contributed by atoms with Crippen molar-refractivity contribution in [3.8, 4) is 0 Å². The molecular weight excluding hydrogens is 240 g/mol. The molecule has 0 unspecified atom stereocenters. The fraction of sp³-hybridized carbons (Fsp3) is 0.933. The molecule has 4 nitrogen and oxygen atoms in total. The lowest BCUT2D eigenvalue weighted by Crippen LogP contribution is -2.36. The van der Waals surface area contributed by atoms with E-state index >= 15 is 0 Å². The highest BCUT2D eigenvalue weighted by Crippen LogP contribution is 2.35. The fourth-order valence-electron chi connectivity index (χ4n) is 3.28.